The lowest BCUT2D eigenvalue weighted by molar-refractivity contribution is -0.141. The number of fused-ring (bicyclic) bond motifs is 1. The van der Waals surface area contributed by atoms with E-state index in [0.717, 1.165) is 4.79 Å². The number of ketones is 1. The smallest absolute Gasteiger partial charge is 0.350 e. The minimum absolute atomic E-state index is 0.0263. The summed E-state index contributed by atoms with van der Waals surface area (Å²) in [5.74, 6) is 4.14. The molecular formula is C21H17ClF3N7O2. The summed E-state index contributed by atoms with van der Waals surface area (Å²) in [5.41, 5.74) is -2.00. The summed E-state index contributed by atoms with van der Waals surface area (Å²) in [6.45, 7) is 3.43. The Bertz CT molecular complexity index is 1430. The number of halogens is 4. The van der Waals surface area contributed by atoms with Gasteiger partial charge in [0.2, 0.25) is 5.78 Å². The molecule has 0 aliphatic heterocycles. The Morgan fingerprint density at radius 2 is 1.94 bits per heavy atom. The van der Waals surface area contributed by atoms with E-state index in [0.29, 0.717) is 16.1 Å². The van der Waals surface area contributed by atoms with Gasteiger partial charge >= 0.3 is 6.18 Å². The zero-order chi connectivity index (χ0) is 24.8. The quantitative estimate of drug-likeness (QED) is 0.326. The first-order valence-corrected chi connectivity index (χ1v) is 10.3. The number of nitrogens with one attached hydrogen (secondary N) is 1. The van der Waals surface area contributed by atoms with Gasteiger partial charge in [0, 0.05) is 29.3 Å². The molecule has 3 aromatic heterocycles. The predicted molar refractivity (Wildman–Crippen MR) is 117 cm³/mol. The molecule has 13 heteroatoms. The molecule has 0 unspecified atom stereocenters. The molecule has 0 aliphatic carbocycles. The lowest BCUT2D eigenvalue weighted by atomic mass is 9.97. The van der Waals surface area contributed by atoms with E-state index in [1.165, 1.54) is 36.7 Å². The molecule has 0 atom stereocenters. The van der Waals surface area contributed by atoms with Gasteiger partial charge in [-0.1, -0.05) is 17.7 Å². The number of rotatable bonds is 5. The Morgan fingerprint density at radius 1 is 1.21 bits per heavy atom. The van der Waals surface area contributed by atoms with Gasteiger partial charge in [0.15, 0.2) is 11.5 Å². The normalized spacial score (nSPS) is 11.9. The third kappa shape index (κ3) is 4.07. The summed E-state index contributed by atoms with van der Waals surface area (Å²) in [6.07, 6.45) is -2.15. The Kier molecular flexibility index (Phi) is 5.77. The summed E-state index contributed by atoms with van der Waals surface area (Å²) in [7, 11) is 0. The van der Waals surface area contributed by atoms with Crippen LogP contribution in [0.4, 0.5) is 13.2 Å². The first kappa shape index (κ1) is 23.2. The van der Waals surface area contributed by atoms with Crippen molar-refractivity contribution in [2.24, 2.45) is 0 Å². The van der Waals surface area contributed by atoms with Gasteiger partial charge in [0.1, 0.15) is 11.2 Å². The van der Waals surface area contributed by atoms with Gasteiger partial charge in [0.05, 0.1) is 16.8 Å². The van der Waals surface area contributed by atoms with Crippen LogP contribution in [-0.2, 0) is 6.18 Å². The number of pyridine rings is 1. The highest BCUT2D eigenvalue weighted by atomic mass is 35.5. The van der Waals surface area contributed by atoms with E-state index in [2.05, 4.69) is 20.5 Å². The summed E-state index contributed by atoms with van der Waals surface area (Å²) in [6, 6.07) is 5.98. The van der Waals surface area contributed by atoms with Gasteiger partial charge in [-0.15, -0.1) is 0 Å². The number of alkyl halides is 3. The Labute approximate surface area is 195 Å². The second kappa shape index (κ2) is 8.45. The van der Waals surface area contributed by atoms with Crippen molar-refractivity contribution in [3.05, 3.63) is 70.3 Å². The van der Waals surface area contributed by atoms with Gasteiger partial charge in [0.25, 0.3) is 5.91 Å². The van der Waals surface area contributed by atoms with Crippen LogP contribution in [0.1, 0.15) is 46.0 Å². The Balaban J connectivity index is 1.97. The average molecular weight is 492 g/mol. The van der Waals surface area contributed by atoms with Crippen LogP contribution in [-0.4, -0.2) is 42.4 Å². The maximum absolute atomic E-state index is 13.6. The van der Waals surface area contributed by atoms with Gasteiger partial charge in [-0.05, 0) is 32.0 Å². The Hall–Kier alpha value is -3.93. The van der Waals surface area contributed by atoms with E-state index < -0.39 is 29.3 Å². The second-order valence-corrected chi connectivity index (χ2v) is 8.01. The van der Waals surface area contributed by atoms with Crippen LogP contribution in [0.15, 0.2) is 42.7 Å². The number of carbonyl (C=O) groups is 2. The third-order valence-corrected chi connectivity index (χ3v) is 5.12. The van der Waals surface area contributed by atoms with Crippen molar-refractivity contribution in [2.45, 2.75) is 26.1 Å². The van der Waals surface area contributed by atoms with Crippen molar-refractivity contribution in [3.8, 4) is 5.82 Å². The van der Waals surface area contributed by atoms with E-state index in [9.17, 15) is 22.8 Å². The highest BCUT2D eigenvalue weighted by molar-refractivity contribution is 6.32. The molecule has 4 aromatic rings. The van der Waals surface area contributed by atoms with E-state index in [-0.39, 0.29) is 33.5 Å². The molecule has 34 heavy (non-hydrogen) atoms. The van der Waals surface area contributed by atoms with Gasteiger partial charge in [-0.3, -0.25) is 9.59 Å². The van der Waals surface area contributed by atoms with Gasteiger partial charge in [-0.2, -0.15) is 28.2 Å². The fourth-order valence-corrected chi connectivity index (χ4v) is 3.61. The first-order chi connectivity index (χ1) is 16.0. The molecule has 9 nitrogen and oxygen atoms in total. The molecule has 0 radical (unpaired) electrons. The minimum atomic E-state index is -4.85. The number of amides is 1. The van der Waals surface area contributed by atoms with E-state index in [4.69, 9.17) is 17.4 Å². The summed E-state index contributed by atoms with van der Waals surface area (Å²) >= 11 is 6.12. The third-order valence-electron chi connectivity index (χ3n) is 4.82. The maximum Gasteiger partial charge on any atom is 0.435 e. The van der Waals surface area contributed by atoms with Crippen LogP contribution < -0.4 is 11.2 Å². The van der Waals surface area contributed by atoms with Crippen LogP contribution in [0, 0.1) is 0 Å². The zero-order valence-corrected chi connectivity index (χ0v) is 18.5. The number of nitrogens with two attached hydrogens (primary N) is 1. The number of carbonyl (C=O) groups excluding carboxylic acids is 2. The Morgan fingerprint density at radius 3 is 2.59 bits per heavy atom. The highest BCUT2D eigenvalue weighted by Crippen LogP contribution is 2.32. The second-order valence-electron chi connectivity index (χ2n) is 7.61. The molecule has 1 aromatic carbocycles. The van der Waals surface area contributed by atoms with E-state index >= 15 is 0 Å². The molecule has 4 rings (SSSR count). The number of nitrogen functional groups attached to an aromatic ring is 1. The number of nitrogens with zero attached hydrogens (tertiary/aromatic N) is 5. The number of benzene rings is 1. The fraction of sp³-hybridized carbons (Fsp3) is 0.190. The number of aromatic nitrogens is 5. The van der Waals surface area contributed by atoms with Crippen molar-refractivity contribution in [3.63, 3.8) is 0 Å². The molecule has 0 saturated carbocycles. The highest BCUT2D eigenvalue weighted by Gasteiger charge is 2.37. The summed E-state index contributed by atoms with van der Waals surface area (Å²) in [5, 5.41) is 10.6. The molecule has 0 saturated heterocycles. The predicted octanol–water partition coefficient (Wildman–Crippen LogP) is 3.37. The molecule has 3 heterocycles. The average Bonchev–Trinajstić information content (AvgIpc) is 3.37. The minimum Gasteiger partial charge on any atom is -0.350 e. The monoisotopic (exact) mass is 491 g/mol. The number of hydrogen-bond acceptors (Lipinski definition) is 6. The van der Waals surface area contributed by atoms with Crippen molar-refractivity contribution < 1.29 is 22.8 Å². The molecule has 0 aliphatic rings. The van der Waals surface area contributed by atoms with Crippen LogP contribution in [0.25, 0.3) is 16.7 Å². The lowest BCUT2D eigenvalue weighted by Gasteiger charge is -2.14. The molecular weight excluding hydrogens is 475 g/mol. The van der Waals surface area contributed by atoms with Gasteiger partial charge < -0.3 is 11.2 Å². The van der Waals surface area contributed by atoms with Crippen LogP contribution >= 0.6 is 11.6 Å². The zero-order valence-electron chi connectivity index (χ0n) is 17.8. The fourth-order valence-electron chi connectivity index (χ4n) is 3.41. The summed E-state index contributed by atoms with van der Waals surface area (Å²) < 4.78 is 41.2. The van der Waals surface area contributed by atoms with Crippen molar-refractivity contribution >= 4 is 34.2 Å². The molecule has 3 N–H and O–H groups in total. The summed E-state index contributed by atoms with van der Waals surface area (Å²) in [4.78, 5) is 31.6. The van der Waals surface area contributed by atoms with Crippen molar-refractivity contribution in [2.75, 3.05) is 5.84 Å². The van der Waals surface area contributed by atoms with E-state index in [1.807, 2.05) is 0 Å². The van der Waals surface area contributed by atoms with Crippen LogP contribution in [0.2, 0.25) is 5.02 Å². The standard InChI is InChI=1S/C21H17ClF3N7O2/c1-10(2)29-20(34)16-12(6-5-11-9-28-32(26)17(11)16)18(33)14-8-15(21(23,24)25)30-31(14)19-13(22)4-3-7-27-19/h3-10H,26H2,1-2H3,(H,29,34). The maximum atomic E-state index is 13.6. The SMILES string of the molecule is CC(C)NC(=O)c1c(C(=O)c2cc(C(F)(F)F)nn2-c2ncccc2Cl)ccc2cnn(N)c12. The van der Waals surface area contributed by atoms with Crippen molar-refractivity contribution in [1.82, 2.24) is 30.0 Å². The topological polar surface area (TPSA) is 121 Å². The van der Waals surface area contributed by atoms with Gasteiger partial charge in [-0.25, -0.2) is 9.67 Å². The molecule has 0 fully saturated rings. The molecule has 0 bridgehead atoms. The largest absolute Gasteiger partial charge is 0.435 e. The number of hydrogen-bond donors (Lipinski definition) is 2. The molecule has 176 valence electrons. The first-order valence-electron chi connectivity index (χ1n) is 9.88. The molecule has 1 amide bonds. The van der Waals surface area contributed by atoms with Crippen molar-refractivity contribution in [1.29, 1.82) is 0 Å². The lowest BCUT2D eigenvalue weighted by Crippen LogP contribution is -2.32. The van der Waals surface area contributed by atoms with Crippen LogP contribution in [0.3, 0.4) is 0 Å². The molecule has 0 spiro atoms. The van der Waals surface area contributed by atoms with Crippen LogP contribution in [0.5, 0.6) is 0 Å². The van der Waals surface area contributed by atoms with E-state index in [1.54, 1.807) is 13.8 Å².